The fourth-order valence-electron chi connectivity index (χ4n) is 2.52. The molecule has 1 saturated heterocycles. The van der Waals surface area contributed by atoms with Crippen molar-refractivity contribution in [3.8, 4) is 0 Å². The number of nitrogens with one attached hydrogen (secondary N) is 1. The maximum absolute atomic E-state index is 12.2. The lowest BCUT2D eigenvalue weighted by atomic mass is 10.0. The summed E-state index contributed by atoms with van der Waals surface area (Å²) in [5.74, 6) is 0.0889. The van der Waals surface area contributed by atoms with Crippen molar-refractivity contribution < 1.29 is 9.59 Å². The van der Waals surface area contributed by atoms with Gasteiger partial charge < -0.3 is 16.0 Å². The Morgan fingerprint density at radius 3 is 2.73 bits per heavy atom. The van der Waals surface area contributed by atoms with Gasteiger partial charge in [0.15, 0.2) is 0 Å². The van der Waals surface area contributed by atoms with Crippen LogP contribution in [0, 0.1) is 5.92 Å². The summed E-state index contributed by atoms with van der Waals surface area (Å²) in [5.41, 5.74) is 5.95. The highest BCUT2D eigenvalue weighted by Crippen LogP contribution is 2.15. The first-order chi connectivity index (χ1) is 10.5. The van der Waals surface area contributed by atoms with Gasteiger partial charge in [0, 0.05) is 36.9 Å². The largest absolute Gasteiger partial charge is 0.348 e. The Labute approximate surface area is 135 Å². The summed E-state index contributed by atoms with van der Waals surface area (Å²) < 4.78 is 0. The zero-order chi connectivity index (χ0) is 16.1. The molecule has 22 heavy (non-hydrogen) atoms. The number of carbonyl (C=O) groups is 2. The van der Waals surface area contributed by atoms with E-state index in [1.165, 1.54) is 11.3 Å². The van der Waals surface area contributed by atoms with Crippen molar-refractivity contribution in [1.29, 1.82) is 0 Å². The van der Waals surface area contributed by atoms with Gasteiger partial charge >= 0.3 is 0 Å². The Kier molecular flexibility index (Phi) is 5.90. The Hall–Kier alpha value is -1.47. The SMILES string of the molecule is CC(C)C(=O)N1CCC(NC(=O)c2csc(CCN)n2)CC1. The molecule has 0 saturated carbocycles. The molecule has 0 aromatic carbocycles. The second-order valence-corrected chi connectivity index (χ2v) is 6.84. The maximum Gasteiger partial charge on any atom is 0.270 e. The number of carbonyl (C=O) groups excluding carboxylic acids is 2. The molecule has 122 valence electrons. The first-order valence-electron chi connectivity index (χ1n) is 7.75. The molecule has 1 aromatic heterocycles. The minimum Gasteiger partial charge on any atom is -0.348 e. The van der Waals surface area contributed by atoms with Crippen molar-refractivity contribution in [3.05, 3.63) is 16.1 Å². The normalized spacial score (nSPS) is 16.1. The van der Waals surface area contributed by atoms with Crippen molar-refractivity contribution in [2.75, 3.05) is 19.6 Å². The van der Waals surface area contributed by atoms with Gasteiger partial charge in [0.25, 0.3) is 5.91 Å². The van der Waals surface area contributed by atoms with E-state index < -0.39 is 0 Å². The van der Waals surface area contributed by atoms with Crippen molar-refractivity contribution in [2.24, 2.45) is 11.7 Å². The first-order valence-corrected chi connectivity index (χ1v) is 8.63. The standard InChI is InChI=1S/C15H24N4O2S/c1-10(2)15(21)19-7-4-11(5-8-19)17-14(20)12-9-22-13(18-12)3-6-16/h9-11H,3-8,16H2,1-2H3,(H,17,20). The second kappa shape index (κ2) is 7.69. The first kappa shape index (κ1) is 16.9. The lowest BCUT2D eigenvalue weighted by Gasteiger charge is -2.33. The van der Waals surface area contributed by atoms with E-state index in [4.69, 9.17) is 5.73 Å². The molecule has 0 bridgehead atoms. The van der Waals surface area contributed by atoms with Crippen LogP contribution >= 0.6 is 11.3 Å². The highest BCUT2D eigenvalue weighted by Gasteiger charge is 2.25. The van der Waals surface area contributed by atoms with Crippen LogP contribution in [-0.2, 0) is 11.2 Å². The van der Waals surface area contributed by atoms with Crippen molar-refractivity contribution in [3.63, 3.8) is 0 Å². The van der Waals surface area contributed by atoms with Gasteiger partial charge in [0.2, 0.25) is 5.91 Å². The third-order valence-corrected chi connectivity index (χ3v) is 4.69. The molecule has 0 atom stereocenters. The van der Waals surface area contributed by atoms with Gasteiger partial charge in [-0.2, -0.15) is 0 Å². The van der Waals surface area contributed by atoms with Crippen molar-refractivity contribution in [1.82, 2.24) is 15.2 Å². The minimum absolute atomic E-state index is 0.0297. The minimum atomic E-state index is -0.131. The molecule has 1 fully saturated rings. The predicted molar refractivity (Wildman–Crippen MR) is 86.8 cm³/mol. The van der Waals surface area contributed by atoms with Crippen molar-refractivity contribution in [2.45, 2.75) is 39.2 Å². The number of nitrogens with two attached hydrogens (primary N) is 1. The second-order valence-electron chi connectivity index (χ2n) is 5.89. The van der Waals surface area contributed by atoms with Crippen LogP contribution in [0.3, 0.4) is 0 Å². The van der Waals surface area contributed by atoms with E-state index >= 15 is 0 Å². The van der Waals surface area contributed by atoms with Gasteiger partial charge in [0.1, 0.15) is 5.69 Å². The number of hydrogen-bond acceptors (Lipinski definition) is 5. The van der Waals surface area contributed by atoms with Gasteiger partial charge in [-0.05, 0) is 19.4 Å². The van der Waals surface area contributed by atoms with Crippen LogP contribution < -0.4 is 11.1 Å². The summed E-state index contributed by atoms with van der Waals surface area (Å²) in [6.07, 6.45) is 2.29. The van der Waals surface area contributed by atoms with Gasteiger partial charge in [-0.3, -0.25) is 9.59 Å². The molecular formula is C15H24N4O2S. The molecule has 3 N–H and O–H groups in total. The van der Waals surface area contributed by atoms with E-state index in [0.717, 1.165) is 17.8 Å². The maximum atomic E-state index is 12.2. The number of likely N-dealkylation sites (tertiary alicyclic amines) is 1. The number of rotatable bonds is 5. The summed E-state index contributed by atoms with van der Waals surface area (Å²) in [6, 6.07) is 0.114. The lowest BCUT2D eigenvalue weighted by Crippen LogP contribution is -2.47. The van der Waals surface area contributed by atoms with Gasteiger partial charge in [-0.15, -0.1) is 11.3 Å². The summed E-state index contributed by atoms with van der Waals surface area (Å²) >= 11 is 1.47. The lowest BCUT2D eigenvalue weighted by molar-refractivity contribution is -0.135. The van der Waals surface area contributed by atoms with E-state index in [1.54, 1.807) is 5.38 Å². The molecule has 1 aliphatic rings. The Morgan fingerprint density at radius 1 is 1.45 bits per heavy atom. The number of hydrogen-bond donors (Lipinski definition) is 2. The van der Waals surface area contributed by atoms with Crippen LogP contribution in [0.4, 0.5) is 0 Å². The number of thiazole rings is 1. The zero-order valence-corrected chi connectivity index (χ0v) is 14.0. The van der Waals surface area contributed by atoms with Crippen LogP contribution in [0.2, 0.25) is 0 Å². The summed E-state index contributed by atoms with van der Waals surface area (Å²) in [7, 11) is 0. The van der Waals surface area contributed by atoms with E-state index in [0.29, 0.717) is 31.7 Å². The topological polar surface area (TPSA) is 88.3 Å². The van der Waals surface area contributed by atoms with Gasteiger partial charge in [-0.25, -0.2) is 4.98 Å². The van der Waals surface area contributed by atoms with Gasteiger partial charge in [-0.1, -0.05) is 13.8 Å². The quantitative estimate of drug-likeness (QED) is 0.846. The third kappa shape index (κ3) is 4.27. The van der Waals surface area contributed by atoms with E-state index in [1.807, 2.05) is 18.7 Å². The summed E-state index contributed by atoms with van der Waals surface area (Å²) in [6.45, 7) is 5.78. The van der Waals surface area contributed by atoms with Gasteiger partial charge in [0.05, 0.1) is 5.01 Å². The van der Waals surface area contributed by atoms with Crippen LogP contribution in [-0.4, -0.2) is 47.4 Å². The molecule has 0 unspecified atom stereocenters. The highest BCUT2D eigenvalue weighted by atomic mass is 32.1. The molecule has 1 aromatic rings. The molecule has 0 spiro atoms. The molecular weight excluding hydrogens is 300 g/mol. The molecule has 1 aliphatic heterocycles. The Balaban J connectivity index is 1.82. The van der Waals surface area contributed by atoms with Crippen LogP contribution in [0.15, 0.2) is 5.38 Å². The summed E-state index contributed by atoms with van der Waals surface area (Å²) in [4.78, 5) is 30.3. The predicted octanol–water partition coefficient (Wildman–Crippen LogP) is 1.02. The Bertz CT molecular complexity index is 521. The Morgan fingerprint density at radius 2 is 2.14 bits per heavy atom. The summed E-state index contributed by atoms with van der Waals surface area (Å²) in [5, 5.41) is 5.68. The molecule has 0 aliphatic carbocycles. The zero-order valence-electron chi connectivity index (χ0n) is 13.2. The number of nitrogens with zero attached hydrogens (tertiary/aromatic N) is 2. The molecule has 0 radical (unpaired) electrons. The average Bonchev–Trinajstić information content (AvgIpc) is 2.96. The molecule has 6 nitrogen and oxygen atoms in total. The highest BCUT2D eigenvalue weighted by molar-refractivity contribution is 7.09. The van der Waals surface area contributed by atoms with Crippen molar-refractivity contribution >= 4 is 23.2 Å². The number of aromatic nitrogens is 1. The average molecular weight is 324 g/mol. The number of amides is 2. The van der Waals surface area contributed by atoms with E-state index in [2.05, 4.69) is 10.3 Å². The van der Waals surface area contributed by atoms with E-state index in [9.17, 15) is 9.59 Å². The fourth-order valence-corrected chi connectivity index (χ4v) is 3.32. The third-order valence-electron chi connectivity index (χ3n) is 3.78. The molecule has 2 heterocycles. The smallest absolute Gasteiger partial charge is 0.270 e. The molecule has 2 amide bonds. The molecule has 2 rings (SSSR count). The van der Waals surface area contributed by atoms with Crippen LogP contribution in [0.5, 0.6) is 0 Å². The fraction of sp³-hybridized carbons (Fsp3) is 0.667. The number of piperidine rings is 1. The molecule has 7 heteroatoms. The van der Waals surface area contributed by atoms with E-state index in [-0.39, 0.29) is 23.8 Å². The van der Waals surface area contributed by atoms with Crippen LogP contribution in [0.25, 0.3) is 0 Å². The van der Waals surface area contributed by atoms with Crippen LogP contribution in [0.1, 0.15) is 42.2 Å². The monoisotopic (exact) mass is 324 g/mol.